The van der Waals surface area contributed by atoms with Gasteiger partial charge in [0.2, 0.25) is 5.91 Å². The number of aliphatic hydroxyl groups excluding tert-OH is 1. The zero-order valence-electron chi connectivity index (χ0n) is 36.7. The molecule has 9 rings (SSSR count). The molecule has 0 radical (unpaired) electrons. The first-order valence-corrected chi connectivity index (χ1v) is 21.8. The van der Waals surface area contributed by atoms with Crippen LogP contribution >= 0.6 is 0 Å². The van der Waals surface area contributed by atoms with Crippen molar-refractivity contribution < 1.29 is 48.4 Å². The lowest BCUT2D eigenvalue weighted by atomic mass is 9.65. The number of fused-ring (bicyclic) bond motifs is 4. The quantitative estimate of drug-likeness (QED) is 0.109. The second-order valence-corrected chi connectivity index (χ2v) is 16.8. The number of para-hydroxylation sites is 1. The topological polar surface area (TPSA) is 203 Å². The number of carboxylic acids is 1. The molecule has 67 heavy (non-hydrogen) atoms. The zero-order valence-corrected chi connectivity index (χ0v) is 36.7. The Bertz CT molecular complexity index is 2930. The number of amides is 3. The van der Waals surface area contributed by atoms with Gasteiger partial charge in [-0.3, -0.25) is 19.3 Å². The predicted octanol–water partition coefficient (Wildman–Crippen LogP) is 5.51. The summed E-state index contributed by atoms with van der Waals surface area (Å²) < 4.78 is 18.8. The molecule has 0 saturated carbocycles. The molecule has 3 aliphatic heterocycles. The van der Waals surface area contributed by atoms with Crippen LogP contribution in [0, 0.1) is 23.7 Å². The van der Waals surface area contributed by atoms with E-state index in [1.807, 2.05) is 84.9 Å². The number of cyclic esters (lactones) is 1. The van der Waals surface area contributed by atoms with Gasteiger partial charge in [-0.05, 0) is 70.6 Å². The average Bonchev–Trinajstić information content (AvgIpc) is 3.99. The molecule has 340 valence electrons. The van der Waals surface area contributed by atoms with Gasteiger partial charge in [0.15, 0.2) is 0 Å². The maximum absolute atomic E-state index is 16.2. The number of aromatic nitrogens is 3. The van der Waals surface area contributed by atoms with E-state index in [1.165, 1.54) is 13.2 Å². The fourth-order valence-electron chi connectivity index (χ4n) is 9.95. The Balaban J connectivity index is 1.30. The van der Waals surface area contributed by atoms with Crippen molar-refractivity contribution in [1.82, 2.24) is 25.2 Å². The minimum atomic E-state index is -2.24. The maximum Gasteiger partial charge on any atom is 0.329 e. The fraction of sp³-hybridized carbons (Fsp3) is 0.275. The Morgan fingerprint density at radius 1 is 0.866 bits per heavy atom. The molecule has 16 heteroatoms. The number of hydrogen-bond donors (Lipinski definition) is 3. The summed E-state index contributed by atoms with van der Waals surface area (Å²) in [6, 6.07) is 31.1. The Hall–Kier alpha value is -7.87. The number of carboxylic acid groups (broad SMARTS) is 1. The summed E-state index contributed by atoms with van der Waals surface area (Å²) in [5.41, 5.74) is 1.44. The van der Waals surface area contributed by atoms with Crippen molar-refractivity contribution in [3.8, 4) is 17.6 Å². The third-order valence-electron chi connectivity index (χ3n) is 12.8. The molecule has 1 spiro atoms. The number of esters is 2. The van der Waals surface area contributed by atoms with Crippen molar-refractivity contribution in [2.24, 2.45) is 11.8 Å². The van der Waals surface area contributed by atoms with Gasteiger partial charge in [0.1, 0.15) is 53.9 Å². The second-order valence-electron chi connectivity index (χ2n) is 16.8. The van der Waals surface area contributed by atoms with Crippen LogP contribution in [0.15, 0.2) is 127 Å². The van der Waals surface area contributed by atoms with Gasteiger partial charge in [-0.1, -0.05) is 116 Å². The number of imide groups is 1. The summed E-state index contributed by atoms with van der Waals surface area (Å²) in [4.78, 5) is 76.0. The lowest BCUT2D eigenvalue weighted by Gasteiger charge is -2.46. The highest BCUT2D eigenvalue weighted by atomic mass is 16.6. The lowest BCUT2D eigenvalue weighted by molar-refractivity contribution is -0.179. The van der Waals surface area contributed by atoms with E-state index in [4.69, 9.17) is 14.2 Å². The molecular formula is C51H46N6O10. The number of anilines is 1. The van der Waals surface area contributed by atoms with Gasteiger partial charge in [-0.2, -0.15) is 0 Å². The van der Waals surface area contributed by atoms with Crippen LogP contribution in [-0.4, -0.2) is 92.4 Å². The molecule has 4 heterocycles. The van der Waals surface area contributed by atoms with E-state index < -0.39 is 77.4 Å². The number of hydrogen-bond acceptors (Lipinski definition) is 12. The van der Waals surface area contributed by atoms with Gasteiger partial charge in [0.25, 0.3) is 0 Å². The zero-order chi connectivity index (χ0) is 47.0. The van der Waals surface area contributed by atoms with Gasteiger partial charge >= 0.3 is 23.9 Å². The molecule has 3 N–H and O–H groups in total. The molecule has 16 nitrogen and oxygen atoms in total. The molecule has 3 aliphatic rings. The van der Waals surface area contributed by atoms with Crippen molar-refractivity contribution in [2.45, 2.75) is 56.1 Å². The summed E-state index contributed by atoms with van der Waals surface area (Å²) in [6.45, 7) is 3.29. The molecule has 7 atom stereocenters. The molecule has 0 unspecified atom stereocenters. The van der Waals surface area contributed by atoms with Crippen LogP contribution in [0.5, 0.6) is 5.75 Å². The van der Waals surface area contributed by atoms with Crippen molar-refractivity contribution in [3.05, 3.63) is 155 Å². The number of nitrogens with zero attached hydrogens (tertiary/aromatic N) is 5. The first kappa shape index (κ1) is 44.3. The average molecular weight is 903 g/mol. The third-order valence-corrected chi connectivity index (χ3v) is 12.8. The molecule has 2 fully saturated rings. The first-order chi connectivity index (χ1) is 32.5. The number of nitrogens with one attached hydrogen (secondary N) is 1. The monoisotopic (exact) mass is 902 g/mol. The fourth-order valence-corrected chi connectivity index (χ4v) is 9.95. The van der Waals surface area contributed by atoms with Crippen molar-refractivity contribution in [3.63, 3.8) is 0 Å². The summed E-state index contributed by atoms with van der Waals surface area (Å²) in [6.07, 6.45) is -0.987. The predicted molar refractivity (Wildman–Crippen MR) is 242 cm³/mol. The van der Waals surface area contributed by atoms with E-state index in [0.717, 1.165) is 10.4 Å². The number of ether oxygens (including phenoxy) is 3. The van der Waals surface area contributed by atoms with Crippen molar-refractivity contribution >= 4 is 46.6 Å². The molecular weight excluding hydrogens is 857 g/mol. The highest BCUT2D eigenvalue weighted by Gasteiger charge is 2.76. The van der Waals surface area contributed by atoms with E-state index in [9.17, 15) is 29.4 Å². The third kappa shape index (κ3) is 7.61. The number of rotatable bonds is 11. The van der Waals surface area contributed by atoms with Gasteiger partial charge in [0.05, 0.1) is 37.0 Å². The van der Waals surface area contributed by atoms with Crippen LogP contribution < -0.4 is 15.0 Å². The van der Waals surface area contributed by atoms with Crippen LogP contribution in [0.25, 0.3) is 11.0 Å². The van der Waals surface area contributed by atoms with Crippen molar-refractivity contribution in [1.29, 1.82) is 0 Å². The van der Waals surface area contributed by atoms with Crippen LogP contribution in [0.2, 0.25) is 0 Å². The van der Waals surface area contributed by atoms with E-state index in [2.05, 4.69) is 27.5 Å². The number of methoxy groups -OCH3 is 1. The van der Waals surface area contributed by atoms with Gasteiger partial charge in [0, 0.05) is 5.56 Å². The Morgan fingerprint density at radius 2 is 1.55 bits per heavy atom. The molecule has 3 amide bonds. The number of carbonyl (C=O) groups excluding carboxylic acids is 4. The number of aliphatic carboxylic acids is 1. The molecule has 1 aromatic heterocycles. The largest absolute Gasteiger partial charge is 0.491 e. The lowest BCUT2D eigenvalue weighted by Crippen LogP contribution is -2.56. The minimum absolute atomic E-state index is 0.00149. The van der Waals surface area contributed by atoms with Gasteiger partial charge < -0.3 is 29.7 Å². The number of aliphatic hydroxyl groups is 1. The van der Waals surface area contributed by atoms with E-state index >= 15 is 4.79 Å². The Kier molecular flexibility index (Phi) is 12.0. The number of benzene rings is 5. The minimum Gasteiger partial charge on any atom is -0.491 e. The highest BCUT2D eigenvalue weighted by molar-refractivity contribution is 6.24. The van der Waals surface area contributed by atoms with Crippen LogP contribution in [0.1, 0.15) is 59.9 Å². The molecule has 0 bridgehead atoms. The molecule has 5 aromatic carbocycles. The summed E-state index contributed by atoms with van der Waals surface area (Å²) in [5, 5.41) is 32.3. The highest BCUT2D eigenvalue weighted by Crippen LogP contribution is 2.66. The SMILES string of the molecule is COC(=O)[C@@H](NC(=O)N1C(=O)[C@@]2(c3cc(C#CCn4nnc5ccccc54)ccc31)[C@H](C(=O)O)[C@H]1C(=O)O[C@H](c3ccccc3)[C@H](c3ccccc3)N1[C@@H]2c1ccc(OCCO)cc1)C(C)C. The first-order valence-electron chi connectivity index (χ1n) is 21.8. The van der Waals surface area contributed by atoms with Gasteiger partial charge in [-0.25, -0.2) is 19.2 Å². The number of morpholine rings is 1. The van der Waals surface area contributed by atoms with Crippen LogP contribution in [0.3, 0.4) is 0 Å². The number of urea groups is 1. The van der Waals surface area contributed by atoms with Gasteiger partial charge in [-0.15, -0.1) is 5.10 Å². The van der Waals surface area contributed by atoms with E-state index in [0.29, 0.717) is 33.5 Å². The molecule has 6 aromatic rings. The molecule has 2 saturated heterocycles. The summed E-state index contributed by atoms with van der Waals surface area (Å²) in [7, 11) is 1.19. The van der Waals surface area contributed by atoms with Crippen LogP contribution in [-0.2, 0) is 40.6 Å². The smallest absolute Gasteiger partial charge is 0.329 e. The second kappa shape index (κ2) is 18.2. The maximum atomic E-state index is 16.2. The Morgan fingerprint density at radius 3 is 2.22 bits per heavy atom. The standard InChI is InChI=1S/C51H46N6O10/c1-30(2)41(47(61)65-3)52-50(64)56-38-25-20-31(13-12-26-55-39-19-11-10-18-37(39)53-54-55)29-36(38)51(49(56)63)40(46(59)60)43-48(62)67-44(33-16-8-5-9-17-33)42(32-14-6-4-7-15-32)57(43)45(51)34-21-23-35(24-22-34)66-28-27-58/h4-11,14-25,29-30,40-45,58H,26-28H2,1-3H3,(H,52,64)(H,59,60)/t40-,41-,42-,43-,44+,45+,51-/m0/s1. The molecule has 0 aliphatic carbocycles. The Labute approximate surface area is 385 Å². The summed E-state index contributed by atoms with van der Waals surface area (Å²) in [5.74, 6) is 0.246. The van der Waals surface area contributed by atoms with Crippen molar-refractivity contribution in [2.75, 3.05) is 25.2 Å². The van der Waals surface area contributed by atoms with E-state index in [1.54, 1.807) is 59.8 Å². The normalized spacial score (nSPS) is 22.4. The van der Waals surface area contributed by atoms with E-state index in [-0.39, 0.29) is 31.0 Å². The number of carbonyl (C=O) groups is 5. The van der Waals surface area contributed by atoms with Crippen LogP contribution in [0.4, 0.5) is 10.5 Å². The summed E-state index contributed by atoms with van der Waals surface area (Å²) >= 11 is 0.